The summed E-state index contributed by atoms with van der Waals surface area (Å²) >= 11 is 6.18. The molecule has 4 amide bonds. The minimum Gasteiger partial charge on any atom is -0.395 e. The number of nitrogens with one attached hydrogen (secondary N) is 3. The van der Waals surface area contributed by atoms with Crippen LogP contribution in [0.25, 0.3) is 17.0 Å². The number of imide groups is 1. The van der Waals surface area contributed by atoms with E-state index in [2.05, 4.69) is 15.6 Å². The molecule has 0 bridgehead atoms. The molecule has 1 aromatic heterocycles. The lowest BCUT2D eigenvalue weighted by Crippen LogP contribution is -2.44. The van der Waals surface area contributed by atoms with E-state index in [0.29, 0.717) is 21.7 Å². The summed E-state index contributed by atoms with van der Waals surface area (Å²) in [5.41, 5.74) is 3.05. The molecule has 0 aliphatic carbocycles. The van der Waals surface area contributed by atoms with Crippen molar-refractivity contribution < 1.29 is 19.5 Å². The zero-order chi connectivity index (χ0) is 24.4. The van der Waals surface area contributed by atoms with E-state index >= 15 is 0 Å². The molecule has 1 aliphatic heterocycles. The van der Waals surface area contributed by atoms with Gasteiger partial charge in [0.15, 0.2) is 0 Å². The van der Waals surface area contributed by atoms with Gasteiger partial charge in [-0.05, 0) is 42.3 Å². The van der Waals surface area contributed by atoms with E-state index in [1.165, 1.54) is 30.3 Å². The fraction of sp³-hybridized carbons (Fsp3) is 0.167. The molecule has 3 aromatic rings. The third-order valence-electron chi connectivity index (χ3n) is 5.56. The summed E-state index contributed by atoms with van der Waals surface area (Å²) in [6, 6.07) is 9.51. The van der Waals surface area contributed by atoms with Crippen LogP contribution in [0.2, 0.25) is 5.02 Å². The Labute approximate surface area is 199 Å². The SMILES string of the molecule is Cc1c(Cl)ccc2c(/C=C3\NC(=O)N(C(C(=O)NCCO)c4ccc(C#N)cc4)C3=O)c[nH]c12. The summed E-state index contributed by atoms with van der Waals surface area (Å²) in [6.45, 7) is 1.52. The number of aryl methyl sites for hydroxylation is 1. The molecule has 1 saturated heterocycles. The topological polar surface area (TPSA) is 138 Å². The maximum atomic E-state index is 13.3. The van der Waals surface area contributed by atoms with Crippen LogP contribution in [0, 0.1) is 18.3 Å². The molecule has 0 saturated carbocycles. The molecule has 1 aliphatic rings. The maximum absolute atomic E-state index is 13.3. The highest BCUT2D eigenvalue weighted by Gasteiger charge is 2.42. The Morgan fingerprint density at radius 2 is 2.00 bits per heavy atom. The van der Waals surface area contributed by atoms with Crippen molar-refractivity contribution >= 4 is 46.4 Å². The van der Waals surface area contributed by atoms with Crippen molar-refractivity contribution in [2.75, 3.05) is 13.2 Å². The van der Waals surface area contributed by atoms with E-state index in [9.17, 15) is 14.4 Å². The standard InChI is InChI=1S/C24H20ClN5O4/c1-13-18(25)7-6-17-16(12-28-20(13)17)10-19-23(33)30(24(34)29-19)21(22(32)27-8-9-31)15-4-2-14(11-26)3-5-15/h2-7,10,12,21,28,31H,8-9H2,1H3,(H,27,32)(H,29,34)/b19-10-. The normalized spacial score (nSPS) is 15.5. The number of nitriles is 1. The zero-order valence-electron chi connectivity index (χ0n) is 18.1. The fourth-order valence-corrected chi connectivity index (χ4v) is 3.99. The van der Waals surface area contributed by atoms with Crippen LogP contribution in [0.4, 0.5) is 4.79 Å². The lowest BCUT2D eigenvalue weighted by molar-refractivity contribution is -0.133. The monoisotopic (exact) mass is 477 g/mol. The highest BCUT2D eigenvalue weighted by Crippen LogP contribution is 2.31. The summed E-state index contributed by atoms with van der Waals surface area (Å²) in [4.78, 5) is 43.0. The third-order valence-corrected chi connectivity index (χ3v) is 5.97. The lowest BCUT2D eigenvalue weighted by Gasteiger charge is -2.24. The fourth-order valence-electron chi connectivity index (χ4n) is 3.83. The highest BCUT2D eigenvalue weighted by atomic mass is 35.5. The number of hydrogen-bond donors (Lipinski definition) is 4. The van der Waals surface area contributed by atoms with Crippen LogP contribution in [-0.4, -0.2) is 46.0 Å². The van der Waals surface area contributed by atoms with Crippen LogP contribution < -0.4 is 10.6 Å². The summed E-state index contributed by atoms with van der Waals surface area (Å²) < 4.78 is 0. The highest BCUT2D eigenvalue weighted by molar-refractivity contribution is 6.32. The van der Waals surface area contributed by atoms with Crippen LogP contribution in [0.15, 0.2) is 48.3 Å². The Bertz CT molecular complexity index is 1370. The molecule has 4 N–H and O–H groups in total. The van der Waals surface area contributed by atoms with Gasteiger partial charge in [0.25, 0.3) is 5.91 Å². The largest absolute Gasteiger partial charge is 0.395 e. The summed E-state index contributed by atoms with van der Waals surface area (Å²) in [7, 11) is 0. The van der Waals surface area contributed by atoms with Crippen molar-refractivity contribution in [3.63, 3.8) is 0 Å². The number of carbonyl (C=O) groups is 3. The lowest BCUT2D eigenvalue weighted by atomic mass is 10.0. The molecule has 1 fully saturated rings. The molecular weight excluding hydrogens is 458 g/mol. The van der Waals surface area contributed by atoms with E-state index < -0.39 is 23.9 Å². The second kappa shape index (κ2) is 9.39. The Hall–Kier alpha value is -4.13. The quantitative estimate of drug-likeness (QED) is 0.319. The molecule has 2 aromatic carbocycles. The van der Waals surface area contributed by atoms with Gasteiger partial charge in [0.2, 0.25) is 5.91 Å². The van der Waals surface area contributed by atoms with Gasteiger partial charge in [-0.25, -0.2) is 9.69 Å². The summed E-state index contributed by atoms with van der Waals surface area (Å²) in [5.74, 6) is -1.32. The van der Waals surface area contributed by atoms with Gasteiger partial charge in [0.1, 0.15) is 11.7 Å². The Morgan fingerprint density at radius 3 is 2.68 bits per heavy atom. The first kappa shape index (κ1) is 23.0. The molecular formula is C24H20ClN5O4. The van der Waals surface area contributed by atoms with Crippen LogP contribution in [-0.2, 0) is 9.59 Å². The number of aliphatic hydroxyl groups excluding tert-OH is 1. The number of amides is 4. The third kappa shape index (κ3) is 4.12. The van der Waals surface area contributed by atoms with Crippen LogP contribution in [0.3, 0.4) is 0 Å². The van der Waals surface area contributed by atoms with E-state index in [1.54, 1.807) is 12.3 Å². The number of nitrogens with zero attached hydrogens (tertiary/aromatic N) is 2. The van der Waals surface area contributed by atoms with Gasteiger partial charge in [-0.1, -0.05) is 29.8 Å². The number of aromatic nitrogens is 1. The Balaban J connectivity index is 1.72. The zero-order valence-corrected chi connectivity index (χ0v) is 18.8. The predicted molar refractivity (Wildman–Crippen MR) is 125 cm³/mol. The van der Waals surface area contributed by atoms with Crippen molar-refractivity contribution in [2.45, 2.75) is 13.0 Å². The molecule has 1 atom stereocenters. The van der Waals surface area contributed by atoms with Crippen molar-refractivity contribution in [2.24, 2.45) is 0 Å². The number of aromatic amines is 1. The summed E-state index contributed by atoms with van der Waals surface area (Å²) in [6.07, 6.45) is 3.24. The minimum absolute atomic E-state index is 0.00658. The van der Waals surface area contributed by atoms with Gasteiger partial charge in [0, 0.05) is 28.7 Å². The molecule has 10 heteroatoms. The number of benzene rings is 2. The Kier molecular flexibility index (Phi) is 6.36. The van der Waals surface area contributed by atoms with Gasteiger partial charge in [0.05, 0.1) is 23.8 Å². The molecule has 2 heterocycles. The smallest absolute Gasteiger partial charge is 0.330 e. The maximum Gasteiger partial charge on any atom is 0.330 e. The minimum atomic E-state index is -1.29. The summed E-state index contributed by atoms with van der Waals surface area (Å²) in [5, 5.41) is 24.6. The van der Waals surface area contributed by atoms with Crippen LogP contribution in [0.5, 0.6) is 0 Å². The first-order valence-electron chi connectivity index (χ1n) is 10.4. The number of urea groups is 1. The molecule has 0 radical (unpaired) electrons. The van der Waals surface area contributed by atoms with E-state index in [4.69, 9.17) is 22.0 Å². The van der Waals surface area contributed by atoms with Crippen molar-refractivity contribution in [3.8, 4) is 6.07 Å². The molecule has 0 spiro atoms. The number of fused-ring (bicyclic) bond motifs is 1. The molecule has 9 nitrogen and oxygen atoms in total. The first-order valence-corrected chi connectivity index (χ1v) is 10.7. The molecule has 172 valence electrons. The van der Waals surface area contributed by atoms with Crippen molar-refractivity contribution in [1.29, 1.82) is 5.26 Å². The second-order valence-electron chi connectivity index (χ2n) is 7.65. The van der Waals surface area contributed by atoms with Crippen molar-refractivity contribution in [3.05, 3.63) is 75.6 Å². The Morgan fingerprint density at radius 1 is 1.26 bits per heavy atom. The molecule has 1 unspecified atom stereocenters. The van der Waals surface area contributed by atoms with Crippen LogP contribution in [0.1, 0.15) is 28.3 Å². The number of H-pyrrole nitrogens is 1. The van der Waals surface area contributed by atoms with E-state index in [0.717, 1.165) is 21.4 Å². The van der Waals surface area contributed by atoms with Gasteiger partial charge < -0.3 is 20.7 Å². The van der Waals surface area contributed by atoms with E-state index in [-0.39, 0.29) is 18.8 Å². The van der Waals surface area contributed by atoms with E-state index in [1.807, 2.05) is 19.1 Å². The number of rotatable bonds is 6. The van der Waals surface area contributed by atoms with Crippen molar-refractivity contribution in [1.82, 2.24) is 20.5 Å². The second-order valence-corrected chi connectivity index (χ2v) is 8.06. The average Bonchev–Trinajstić information content (AvgIpc) is 3.37. The van der Waals surface area contributed by atoms with Gasteiger partial charge >= 0.3 is 6.03 Å². The van der Waals surface area contributed by atoms with Gasteiger partial charge in [-0.2, -0.15) is 5.26 Å². The first-order chi connectivity index (χ1) is 16.3. The predicted octanol–water partition coefficient (Wildman–Crippen LogP) is 2.74. The van der Waals surface area contributed by atoms with Crippen LogP contribution >= 0.6 is 11.6 Å². The average molecular weight is 478 g/mol. The molecule has 34 heavy (non-hydrogen) atoms. The van der Waals surface area contributed by atoms with Gasteiger partial charge in [-0.15, -0.1) is 0 Å². The number of halogens is 1. The number of carbonyl (C=O) groups excluding carboxylic acids is 3. The number of aliphatic hydroxyl groups is 1. The number of hydrogen-bond acceptors (Lipinski definition) is 5. The van der Waals surface area contributed by atoms with Gasteiger partial charge in [-0.3, -0.25) is 9.59 Å². The molecule has 4 rings (SSSR count).